The maximum atomic E-state index is 11.8. The third-order valence-electron chi connectivity index (χ3n) is 2.58. The van der Waals surface area contributed by atoms with Crippen molar-refractivity contribution in [2.45, 2.75) is 6.42 Å². The summed E-state index contributed by atoms with van der Waals surface area (Å²) in [5, 5.41) is 9.29. The summed E-state index contributed by atoms with van der Waals surface area (Å²) in [7, 11) is 3.80. The van der Waals surface area contributed by atoms with E-state index in [1.54, 1.807) is 12.3 Å². The summed E-state index contributed by atoms with van der Waals surface area (Å²) in [5.74, 6) is 1.43. The lowest BCUT2D eigenvalue weighted by Crippen LogP contribution is -2.26. The predicted molar refractivity (Wildman–Crippen MR) is 71.0 cm³/mol. The molecule has 2 heterocycles. The number of anilines is 1. The quantitative estimate of drug-likeness (QED) is 0.804. The summed E-state index contributed by atoms with van der Waals surface area (Å²) >= 11 is 0. The molecule has 100 valence electrons. The van der Waals surface area contributed by atoms with E-state index >= 15 is 0 Å². The van der Waals surface area contributed by atoms with Crippen LogP contribution in [-0.2, 0) is 6.42 Å². The maximum Gasteiger partial charge on any atom is 0.252 e. The van der Waals surface area contributed by atoms with Crippen LogP contribution >= 0.6 is 0 Å². The first-order chi connectivity index (χ1) is 9.16. The average Bonchev–Trinajstić information content (AvgIpc) is 2.92. The van der Waals surface area contributed by atoms with E-state index in [1.165, 1.54) is 6.33 Å². The van der Waals surface area contributed by atoms with Gasteiger partial charge in [0.15, 0.2) is 0 Å². The fourth-order valence-corrected chi connectivity index (χ4v) is 1.53. The summed E-state index contributed by atoms with van der Waals surface area (Å²) in [4.78, 5) is 21.9. The smallest absolute Gasteiger partial charge is 0.252 e. The van der Waals surface area contributed by atoms with Crippen LogP contribution < -0.4 is 10.2 Å². The third-order valence-corrected chi connectivity index (χ3v) is 2.58. The fraction of sp³-hybridized carbons (Fsp3) is 0.333. The maximum absolute atomic E-state index is 11.8. The summed E-state index contributed by atoms with van der Waals surface area (Å²) in [6, 6.07) is 3.57. The molecule has 0 saturated carbocycles. The van der Waals surface area contributed by atoms with E-state index in [0.29, 0.717) is 18.5 Å². The van der Waals surface area contributed by atoms with Gasteiger partial charge in [-0.25, -0.2) is 9.97 Å². The van der Waals surface area contributed by atoms with E-state index in [1.807, 2.05) is 25.1 Å². The Kier molecular flexibility index (Phi) is 4.07. The number of rotatable bonds is 5. The third kappa shape index (κ3) is 3.51. The molecule has 0 spiro atoms. The zero-order chi connectivity index (χ0) is 13.7. The highest BCUT2D eigenvalue weighted by Gasteiger charge is 2.06. The van der Waals surface area contributed by atoms with E-state index in [0.717, 1.165) is 11.6 Å². The number of H-pyrrole nitrogens is 1. The van der Waals surface area contributed by atoms with E-state index in [2.05, 4.69) is 25.5 Å². The van der Waals surface area contributed by atoms with Gasteiger partial charge in [-0.1, -0.05) is 0 Å². The van der Waals surface area contributed by atoms with Crippen LogP contribution in [0.5, 0.6) is 0 Å². The number of hydrogen-bond acceptors (Lipinski definition) is 5. The van der Waals surface area contributed by atoms with Gasteiger partial charge in [0.1, 0.15) is 18.0 Å². The number of carbonyl (C=O) groups excluding carboxylic acids is 1. The van der Waals surface area contributed by atoms with Crippen molar-refractivity contribution in [1.82, 2.24) is 25.5 Å². The minimum Gasteiger partial charge on any atom is -0.363 e. The van der Waals surface area contributed by atoms with E-state index in [9.17, 15) is 4.79 Å². The molecule has 2 aromatic rings. The van der Waals surface area contributed by atoms with Crippen molar-refractivity contribution in [3.63, 3.8) is 0 Å². The largest absolute Gasteiger partial charge is 0.363 e. The molecule has 0 bridgehead atoms. The summed E-state index contributed by atoms with van der Waals surface area (Å²) in [5.41, 5.74) is 0.545. The lowest BCUT2D eigenvalue weighted by atomic mass is 10.2. The van der Waals surface area contributed by atoms with Crippen molar-refractivity contribution in [1.29, 1.82) is 0 Å². The number of carbonyl (C=O) groups is 1. The molecule has 0 unspecified atom stereocenters. The highest BCUT2D eigenvalue weighted by atomic mass is 16.1. The molecule has 0 fully saturated rings. The van der Waals surface area contributed by atoms with Crippen molar-refractivity contribution in [3.05, 3.63) is 36.0 Å². The molecular weight excluding hydrogens is 244 g/mol. The van der Waals surface area contributed by atoms with Crippen LogP contribution in [0, 0.1) is 0 Å². The minimum atomic E-state index is -0.141. The van der Waals surface area contributed by atoms with Crippen molar-refractivity contribution < 1.29 is 4.79 Å². The van der Waals surface area contributed by atoms with Gasteiger partial charge in [0.25, 0.3) is 5.91 Å². The fourth-order valence-electron chi connectivity index (χ4n) is 1.53. The zero-order valence-corrected chi connectivity index (χ0v) is 10.9. The van der Waals surface area contributed by atoms with Crippen molar-refractivity contribution in [3.8, 4) is 0 Å². The van der Waals surface area contributed by atoms with Crippen LogP contribution in [0.2, 0.25) is 0 Å². The van der Waals surface area contributed by atoms with E-state index in [4.69, 9.17) is 0 Å². The van der Waals surface area contributed by atoms with Gasteiger partial charge in [0.05, 0.1) is 5.56 Å². The van der Waals surface area contributed by atoms with Gasteiger partial charge in [0.2, 0.25) is 0 Å². The molecule has 0 radical (unpaired) electrons. The lowest BCUT2D eigenvalue weighted by molar-refractivity contribution is 0.0953. The van der Waals surface area contributed by atoms with Crippen LogP contribution in [0.4, 0.5) is 5.82 Å². The zero-order valence-electron chi connectivity index (χ0n) is 10.9. The van der Waals surface area contributed by atoms with E-state index < -0.39 is 0 Å². The first kappa shape index (κ1) is 13.0. The number of aromatic amines is 1. The molecule has 0 aromatic carbocycles. The van der Waals surface area contributed by atoms with Gasteiger partial charge in [0, 0.05) is 33.3 Å². The van der Waals surface area contributed by atoms with Gasteiger partial charge in [-0.15, -0.1) is 0 Å². The number of pyridine rings is 1. The Morgan fingerprint density at radius 2 is 2.21 bits per heavy atom. The molecule has 0 aliphatic rings. The molecule has 7 nitrogen and oxygen atoms in total. The van der Waals surface area contributed by atoms with Crippen LogP contribution in [-0.4, -0.2) is 46.7 Å². The average molecular weight is 260 g/mol. The Hall–Kier alpha value is -2.44. The van der Waals surface area contributed by atoms with Crippen molar-refractivity contribution >= 4 is 11.7 Å². The molecule has 1 amide bonds. The number of aromatic nitrogens is 4. The number of nitrogens with zero attached hydrogens (tertiary/aromatic N) is 4. The summed E-state index contributed by atoms with van der Waals surface area (Å²) < 4.78 is 0. The molecule has 7 heteroatoms. The molecule has 0 saturated heterocycles. The molecule has 2 rings (SSSR count). The molecule has 19 heavy (non-hydrogen) atoms. The van der Waals surface area contributed by atoms with Gasteiger partial charge < -0.3 is 10.2 Å². The standard InChI is InChI=1S/C12H16N6O/c1-18(2)11-4-3-9(7-14-11)12(19)13-6-5-10-15-8-16-17-10/h3-4,7-8H,5-6H2,1-2H3,(H,13,19)(H,15,16,17). The Morgan fingerprint density at radius 1 is 1.37 bits per heavy atom. The second kappa shape index (κ2) is 5.94. The number of nitrogens with one attached hydrogen (secondary N) is 2. The van der Waals surface area contributed by atoms with Gasteiger partial charge in [-0.05, 0) is 12.1 Å². The van der Waals surface area contributed by atoms with Crippen molar-refractivity contribution in [2.75, 3.05) is 25.5 Å². The Morgan fingerprint density at radius 3 is 2.79 bits per heavy atom. The van der Waals surface area contributed by atoms with Crippen LogP contribution in [0.1, 0.15) is 16.2 Å². The van der Waals surface area contributed by atoms with Crippen molar-refractivity contribution in [2.24, 2.45) is 0 Å². The van der Waals surface area contributed by atoms with E-state index in [-0.39, 0.29) is 5.91 Å². The second-order valence-electron chi connectivity index (χ2n) is 4.24. The Balaban J connectivity index is 1.85. The second-order valence-corrected chi connectivity index (χ2v) is 4.24. The minimum absolute atomic E-state index is 0.141. The molecule has 2 aromatic heterocycles. The number of hydrogen-bond donors (Lipinski definition) is 2. The molecule has 2 N–H and O–H groups in total. The van der Waals surface area contributed by atoms with Gasteiger partial charge in [-0.3, -0.25) is 9.89 Å². The topological polar surface area (TPSA) is 86.8 Å². The molecular formula is C12H16N6O. The molecule has 0 aliphatic heterocycles. The summed E-state index contributed by atoms with van der Waals surface area (Å²) in [6.07, 6.45) is 3.63. The summed E-state index contributed by atoms with van der Waals surface area (Å²) in [6.45, 7) is 0.503. The van der Waals surface area contributed by atoms with Gasteiger partial charge in [-0.2, -0.15) is 5.10 Å². The van der Waals surface area contributed by atoms with Crippen LogP contribution in [0.15, 0.2) is 24.7 Å². The van der Waals surface area contributed by atoms with Gasteiger partial charge >= 0.3 is 0 Å². The highest BCUT2D eigenvalue weighted by Crippen LogP contribution is 2.07. The van der Waals surface area contributed by atoms with Crippen LogP contribution in [0.3, 0.4) is 0 Å². The Labute approximate surface area is 111 Å². The predicted octanol–water partition coefficient (Wildman–Crippen LogP) is 0.238. The van der Waals surface area contributed by atoms with Crippen LogP contribution in [0.25, 0.3) is 0 Å². The number of amides is 1. The molecule has 0 atom stereocenters. The first-order valence-corrected chi connectivity index (χ1v) is 5.92. The Bertz CT molecular complexity index is 520. The first-order valence-electron chi connectivity index (χ1n) is 5.92. The normalized spacial score (nSPS) is 10.2. The lowest BCUT2D eigenvalue weighted by Gasteiger charge is -2.11. The molecule has 0 aliphatic carbocycles. The monoisotopic (exact) mass is 260 g/mol. The SMILES string of the molecule is CN(C)c1ccc(C(=O)NCCc2ncn[nH]2)cn1. The highest BCUT2D eigenvalue weighted by molar-refractivity contribution is 5.94.